The summed E-state index contributed by atoms with van der Waals surface area (Å²) < 4.78 is 0. The van der Waals surface area contributed by atoms with Gasteiger partial charge in [0.15, 0.2) is 0 Å². The lowest BCUT2D eigenvalue weighted by Crippen LogP contribution is -2.42. The molecule has 1 amide bonds. The molecule has 0 aliphatic heterocycles. The Hall–Kier alpha value is -1.10. The van der Waals surface area contributed by atoms with Gasteiger partial charge in [0, 0.05) is 18.5 Å². The van der Waals surface area contributed by atoms with Crippen LogP contribution in [0.25, 0.3) is 0 Å². The summed E-state index contributed by atoms with van der Waals surface area (Å²) in [6.45, 7) is 2.21. The average Bonchev–Trinajstić information content (AvgIpc) is 2.70. The predicted molar refractivity (Wildman–Crippen MR) is 69.0 cm³/mol. The first kappa shape index (κ1) is 15.0. The molecule has 1 fully saturated rings. The van der Waals surface area contributed by atoms with E-state index in [-0.39, 0.29) is 17.4 Å². The van der Waals surface area contributed by atoms with Crippen molar-refractivity contribution < 1.29 is 14.7 Å². The highest BCUT2D eigenvalue weighted by Gasteiger charge is 2.31. The van der Waals surface area contributed by atoms with E-state index in [0.29, 0.717) is 25.8 Å². The maximum Gasteiger partial charge on any atom is 0.306 e. The Morgan fingerprint density at radius 1 is 1.39 bits per heavy atom. The van der Waals surface area contributed by atoms with Crippen LogP contribution in [0.3, 0.4) is 0 Å². The van der Waals surface area contributed by atoms with E-state index in [1.54, 1.807) is 6.92 Å². The van der Waals surface area contributed by atoms with Crippen LogP contribution in [0, 0.1) is 5.92 Å². The maximum absolute atomic E-state index is 11.7. The number of rotatable bonds is 7. The molecule has 0 bridgehead atoms. The molecule has 1 rings (SSSR count). The minimum Gasteiger partial charge on any atom is -0.481 e. The number of hydrogen-bond donors (Lipinski definition) is 3. The zero-order chi connectivity index (χ0) is 13.6. The lowest BCUT2D eigenvalue weighted by atomic mass is 9.94. The molecule has 0 radical (unpaired) electrons. The smallest absolute Gasteiger partial charge is 0.306 e. The Kier molecular flexibility index (Phi) is 5.59. The molecule has 0 spiro atoms. The first-order valence-corrected chi connectivity index (χ1v) is 6.71. The van der Waals surface area contributed by atoms with E-state index >= 15 is 0 Å². The Morgan fingerprint density at radius 3 is 2.56 bits per heavy atom. The van der Waals surface area contributed by atoms with Gasteiger partial charge in [-0.3, -0.25) is 9.59 Å². The third-order valence-electron chi connectivity index (χ3n) is 3.67. The van der Waals surface area contributed by atoms with Gasteiger partial charge >= 0.3 is 5.97 Å². The number of carboxylic acid groups (broad SMARTS) is 1. The number of nitrogens with two attached hydrogens (primary N) is 1. The van der Waals surface area contributed by atoms with Gasteiger partial charge in [0.1, 0.15) is 0 Å². The molecular weight excluding hydrogens is 232 g/mol. The van der Waals surface area contributed by atoms with Crippen molar-refractivity contribution >= 4 is 11.9 Å². The standard InChI is InChI=1S/C13H24N2O3/c1-10(12(17)18)5-4-8-15-11(16)9-13(14)6-2-3-7-13/h10H,2-9,14H2,1H3,(H,15,16)(H,17,18). The van der Waals surface area contributed by atoms with E-state index in [9.17, 15) is 9.59 Å². The zero-order valence-corrected chi connectivity index (χ0v) is 11.1. The van der Waals surface area contributed by atoms with Crippen LogP contribution in [-0.4, -0.2) is 29.1 Å². The summed E-state index contributed by atoms with van der Waals surface area (Å²) in [7, 11) is 0. The molecule has 104 valence electrons. The van der Waals surface area contributed by atoms with Gasteiger partial charge in [-0.1, -0.05) is 19.8 Å². The fourth-order valence-electron chi connectivity index (χ4n) is 2.40. The summed E-state index contributed by atoms with van der Waals surface area (Å²) in [5.74, 6) is -1.15. The molecule has 5 heteroatoms. The van der Waals surface area contributed by atoms with Crippen molar-refractivity contribution in [2.75, 3.05) is 6.54 Å². The summed E-state index contributed by atoms with van der Waals surface area (Å²) in [4.78, 5) is 22.3. The topological polar surface area (TPSA) is 92.4 Å². The van der Waals surface area contributed by atoms with E-state index in [0.717, 1.165) is 25.7 Å². The second kappa shape index (κ2) is 6.73. The highest BCUT2D eigenvalue weighted by Crippen LogP contribution is 2.29. The first-order valence-electron chi connectivity index (χ1n) is 6.71. The predicted octanol–water partition coefficient (Wildman–Crippen LogP) is 1.27. The number of hydrogen-bond acceptors (Lipinski definition) is 3. The van der Waals surface area contributed by atoms with Crippen LogP contribution in [0.2, 0.25) is 0 Å². The highest BCUT2D eigenvalue weighted by molar-refractivity contribution is 5.77. The summed E-state index contributed by atoms with van der Waals surface area (Å²) in [5.41, 5.74) is 5.81. The summed E-state index contributed by atoms with van der Waals surface area (Å²) in [6.07, 6.45) is 5.74. The largest absolute Gasteiger partial charge is 0.481 e. The second-order valence-corrected chi connectivity index (χ2v) is 5.48. The van der Waals surface area contributed by atoms with Crippen molar-refractivity contribution in [3.8, 4) is 0 Å². The molecule has 0 heterocycles. The lowest BCUT2D eigenvalue weighted by molar-refractivity contribution is -0.141. The lowest BCUT2D eigenvalue weighted by Gasteiger charge is -2.22. The maximum atomic E-state index is 11.7. The summed E-state index contributed by atoms with van der Waals surface area (Å²) in [6, 6.07) is 0. The van der Waals surface area contributed by atoms with Gasteiger partial charge in [0.05, 0.1) is 5.92 Å². The molecule has 0 aromatic heterocycles. The van der Waals surface area contributed by atoms with Crippen molar-refractivity contribution in [1.82, 2.24) is 5.32 Å². The molecule has 1 unspecified atom stereocenters. The van der Waals surface area contributed by atoms with E-state index in [1.807, 2.05) is 0 Å². The van der Waals surface area contributed by atoms with Gasteiger partial charge < -0.3 is 16.2 Å². The Bertz CT molecular complexity index is 299. The number of aliphatic carboxylic acids is 1. The molecular formula is C13H24N2O3. The Balaban J connectivity index is 2.12. The minimum absolute atomic E-state index is 0.0117. The number of carboxylic acids is 1. The van der Waals surface area contributed by atoms with Crippen LogP contribution in [-0.2, 0) is 9.59 Å². The third-order valence-corrected chi connectivity index (χ3v) is 3.67. The SMILES string of the molecule is CC(CCCNC(=O)CC1(N)CCCC1)C(=O)O. The van der Waals surface area contributed by atoms with Crippen LogP contribution in [0.15, 0.2) is 0 Å². The number of carbonyl (C=O) groups excluding carboxylic acids is 1. The van der Waals surface area contributed by atoms with Crippen molar-refractivity contribution in [3.05, 3.63) is 0 Å². The third kappa shape index (κ3) is 5.04. The average molecular weight is 256 g/mol. The molecule has 1 atom stereocenters. The van der Waals surface area contributed by atoms with Gasteiger partial charge in [0.25, 0.3) is 0 Å². The van der Waals surface area contributed by atoms with Gasteiger partial charge in [0.2, 0.25) is 5.91 Å². The van der Waals surface area contributed by atoms with Crippen LogP contribution in [0.1, 0.15) is 51.9 Å². The zero-order valence-electron chi connectivity index (χ0n) is 11.1. The van der Waals surface area contributed by atoms with E-state index < -0.39 is 5.97 Å². The molecule has 0 aromatic carbocycles. The second-order valence-electron chi connectivity index (χ2n) is 5.48. The normalized spacial score (nSPS) is 19.4. The van der Waals surface area contributed by atoms with Gasteiger partial charge in [-0.25, -0.2) is 0 Å². The van der Waals surface area contributed by atoms with Crippen LogP contribution in [0.4, 0.5) is 0 Å². The quantitative estimate of drug-likeness (QED) is 0.598. The molecule has 18 heavy (non-hydrogen) atoms. The molecule has 0 aromatic rings. The van der Waals surface area contributed by atoms with Crippen LogP contribution < -0.4 is 11.1 Å². The molecule has 5 nitrogen and oxygen atoms in total. The molecule has 0 saturated heterocycles. The van der Waals surface area contributed by atoms with Crippen molar-refractivity contribution in [1.29, 1.82) is 0 Å². The fraction of sp³-hybridized carbons (Fsp3) is 0.846. The Labute approximate surface area is 108 Å². The van der Waals surface area contributed by atoms with Gasteiger partial charge in [-0.2, -0.15) is 0 Å². The van der Waals surface area contributed by atoms with E-state index in [2.05, 4.69) is 5.32 Å². The van der Waals surface area contributed by atoms with Crippen molar-refractivity contribution in [2.24, 2.45) is 11.7 Å². The van der Waals surface area contributed by atoms with Crippen molar-refractivity contribution in [3.63, 3.8) is 0 Å². The highest BCUT2D eigenvalue weighted by atomic mass is 16.4. The van der Waals surface area contributed by atoms with Gasteiger partial charge in [-0.15, -0.1) is 0 Å². The fourth-order valence-corrected chi connectivity index (χ4v) is 2.40. The summed E-state index contributed by atoms with van der Waals surface area (Å²) >= 11 is 0. The number of carbonyl (C=O) groups is 2. The Morgan fingerprint density at radius 2 is 2.00 bits per heavy atom. The van der Waals surface area contributed by atoms with E-state index in [4.69, 9.17) is 10.8 Å². The number of nitrogens with one attached hydrogen (secondary N) is 1. The number of amides is 1. The van der Waals surface area contributed by atoms with Gasteiger partial charge in [-0.05, 0) is 25.7 Å². The molecule has 1 aliphatic rings. The monoisotopic (exact) mass is 256 g/mol. The minimum atomic E-state index is -0.784. The van der Waals surface area contributed by atoms with Crippen molar-refractivity contribution in [2.45, 2.75) is 57.4 Å². The van der Waals surface area contributed by atoms with Crippen LogP contribution in [0.5, 0.6) is 0 Å². The van der Waals surface area contributed by atoms with E-state index in [1.165, 1.54) is 0 Å². The van der Waals surface area contributed by atoms with Crippen LogP contribution >= 0.6 is 0 Å². The first-order chi connectivity index (χ1) is 8.43. The molecule has 1 aliphatic carbocycles. The molecule has 4 N–H and O–H groups in total. The summed E-state index contributed by atoms with van der Waals surface area (Å²) in [5, 5.41) is 11.5. The molecule has 1 saturated carbocycles.